The van der Waals surface area contributed by atoms with Gasteiger partial charge in [-0.25, -0.2) is 8.42 Å². The number of ether oxygens (including phenoxy) is 2. The molecule has 1 aliphatic rings. The number of nitrogens with zero attached hydrogens (tertiary/aromatic N) is 1. The molecule has 1 N–H and O–H groups in total. The number of carbonyl (C=O) groups is 1. The Bertz CT molecular complexity index is 906. The average molecular weight is 404 g/mol. The minimum absolute atomic E-state index is 0.0920. The van der Waals surface area contributed by atoms with E-state index in [1.54, 1.807) is 42.5 Å². The van der Waals surface area contributed by atoms with Crippen molar-refractivity contribution in [1.29, 1.82) is 0 Å². The molecule has 0 bridgehead atoms. The second kappa shape index (κ2) is 9.18. The fourth-order valence-corrected chi connectivity index (χ4v) is 4.41. The standard InChI is InChI=1S/C20H24N2O5S/c1-2-27-19-5-3-4-18(14-19)21-20(23)17-8-6-16(7-9-17)15-28(24,25)22-10-12-26-13-11-22/h3-9,14H,2,10-13,15H2,1H3,(H,21,23). The van der Waals surface area contributed by atoms with Crippen LogP contribution in [0.15, 0.2) is 48.5 Å². The zero-order valence-corrected chi connectivity index (χ0v) is 16.6. The van der Waals surface area contributed by atoms with Gasteiger partial charge < -0.3 is 14.8 Å². The molecule has 0 aromatic heterocycles. The van der Waals surface area contributed by atoms with E-state index in [0.29, 0.717) is 55.5 Å². The Morgan fingerprint density at radius 2 is 1.86 bits per heavy atom. The van der Waals surface area contributed by atoms with Gasteiger partial charge in [-0.3, -0.25) is 4.79 Å². The zero-order chi connectivity index (χ0) is 20.0. The maximum absolute atomic E-state index is 12.5. The van der Waals surface area contributed by atoms with E-state index in [1.807, 2.05) is 13.0 Å². The van der Waals surface area contributed by atoms with Crippen molar-refractivity contribution in [3.63, 3.8) is 0 Å². The molecule has 0 spiro atoms. The lowest BCUT2D eigenvalue weighted by atomic mass is 10.1. The van der Waals surface area contributed by atoms with Crippen LogP contribution < -0.4 is 10.1 Å². The number of rotatable bonds is 7. The summed E-state index contributed by atoms with van der Waals surface area (Å²) in [6, 6.07) is 13.8. The van der Waals surface area contributed by atoms with Crippen LogP contribution >= 0.6 is 0 Å². The Morgan fingerprint density at radius 1 is 1.14 bits per heavy atom. The predicted molar refractivity (Wildman–Crippen MR) is 107 cm³/mol. The lowest BCUT2D eigenvalue weighted by Gasteiger charge is -2.26. The second-order valence-corrected chi connectivity index (χ2v) is 8.35. The summed E-state index contributed by atoms with van der Waals surface area (Å²) in [6.45, 7) is 4.04. The number of sulfonamides is 1. The van der Waals surface area contributed by atoms with Gasteiger partial charge in [-0.2, -0.15) is 4.31 Å². The molecule has 0 atom stereocenters. The number of amides is 1. The molecular formula is C20H24N2O5S. The van der Waals surface area contributed by atoms with Crippen LogP contribution in [0.1, 0.15) is 22.8 Å². The molecule has 3 rings (SSSR count). The highest BCUT2D eigenvalue weighted by Gasteiger charge is 2.24. The summed E-state index contributed by atoms with van der Waals surface area (Å²) in [5, 5.41) is 2.82. The van der Waals surface area contributed by atoms with Crippen molar-refractivity contribution in [1.82, 2.24) is 4.31 Å². The lowest BCUT2D eigenvalue weighted by molar-refractivity contribution is 0.0729. The van der Waals surface area contributed by atoms with E-state index in [1.165, 1.54) is 4.31 Å². The summed E-state index contributed by atoms with van der Waals surface area (Å²) in [7, 11) is -3.39. The minimum atomic E-state index is -3.39. The highest BCUT2D eigenvalue weighted by molar-refractivity contribution is 7.88. The van der Waals surface area contributed by atoms with Crippen molar-refractivity contribution in [2.24, 2.45) is 0 Å². The third-order valence-electron chi connectivity index (χ3n) is 4.33. The van der Waals surface area contributed by atoms with E-state index in [-0.39, 0.29) is 11.7 Å². The SMILES string of the molecule is CCOc1cccc(NC(=O)c2ccc(CS(=O)(=O)N3CCOCC3)cc2)c1. The van der Waals surface area contributed by atoms with Crippen LogP contribution in [0.4, 0.5) is 5.69 Å². The molecule has 150 valence electrons. The van der Waals surface area contributed by atoms with Crippen LogP contribution in [0.25, 0.3) is 0 Å². The number of anilines is 1. The van der Waals surface area contributed by atoms with Gasteiger partial charge in [0.1, 0.15) is 5.75 Å². The molecule has 2 aromatic rings. The van der Waals surface area contributed by atoms with Crippen LogP contribution in [0.2, 0.25) is 0 Å². The van der Waals surface area contributed by atoms with Crippen molar-refractivity contribution in [2.45, 2.75) is 12.7 Å². The fraction of sp³-hybridized carbons (Fsp3) is 0.350. The molecule has 28 heavy (non-hydrogen) atoms. The largest absolute Gasteiger partial charge is 0.494 e. The summed E-state index contributed by atoms with van der Waals surface area (Å²) in [5.41, 5.74) is 1.73. The highest BCUT2D eigenvalue weighted by Crippen LogP contribution is 2.19. The van der Waals surface area contributed by atoms with Gasteiger partial charge in [0.2, 0.25) is 10.0 Å². The molecule has 1 aliphatic heterocycles. The molecule has 0 saturated carbocycles. The van der Waals surface area contributed by atoms with Crippen molar-refractivity contribution in [2.75, 3.05) is 38.2 Å². The third-order valence-corrected chi connectivity index (χ3v) is 6.18. The minimum Gasteiger partial charge on any atom is -0.494 e. The Balaban J connectivity index is 1.63. The van der Waals surface area contributed by atoms with Gasteiger partial charge in [-0.1, -0.05) is 18.2 Å². The van der Waals surface area contributed by atoms with Crippen LogP contribution in [0.5, 0.6) is 5.75 Å². The Morgan fingerprint density at radius 3 is 2.54 bits per heavy atom. The fourth-order valence-electron chi connectivity index (χ4n) is 2.91. The quantitative estimate of drug-likeness (QED) is 0.766. The summed E-state index contributed by atoms with van der Waals surface area (Å²) < 4.78 is 37.0. The molecule has 7 nitrogen and oxygen atoms in total. The topological polar surface area (TPSA) is 84.9 Å². The van der Waals surface area contributed by atoms with Gasteiger partial charge in [-0.05, 0) is 36.8 Å². The van der Waals surface area contributed by atoms with Crippen molar-refractivity contribution >= 4 is 21.6 Å². The van der Waals surface area contributed by atoms with Crippen molar-refractivity contribution in [3.8, 4) is 5.75 Å². The van der Waals surface area contributed by atoms with Gasteiger partial charge >= 0.3 is 0 Å². The van der Waals surface area contributed by atoms with E-state index in [0.717, 1.165) is 0 Å². The molecule has 0 aliphatic carbocycles. The maximum atomic E-state index is 12.5. The Kier molecular flexibility index (Phi) is 6.66. The van der Waals surface area contributed by atoms with Crippen LogP contribution in [-0.2, 0) is 20.5 Å². The summed E-state index contributed by atoms with van der Waals surface area (Å²) >= 11 is 0. The molecule has 1 amide bonds. The Labute approximate surface area is 165 Å². The summed E-state index contributed by atoms with van der Waals surface area (Å²) in [6.07, 6.45) is 0. The monoisotopic (exact) mass is 404 g/mol. The van der Waals surface area contributed by atoms with E-state index < -0.39 is 10.0 Å². The normalized spacial score (nSPS) is 15.2. The number of nitrogens with one attached hydrogen (secondary N) is 1. The van der Waals surface area contributed by atoms with Crippen LogP contribution in [0.3, 0.4) is 0 Å². The number of morpholine rings is 1. The summed E-state index contributed by atoms with van der Waals surface area (Å²) in [5.74, 6) is 0.325. The number of hydrogen-bond acceptors (Lipinski definition) is 5. The first-order valence-electron chi connectivity index (χ1n) is 9.16. The van der Waals surface area contributed by atoms with E-state index in [4.69, 9.17) is 9.47 Å². The predicted octanol–water partition coefficient (Wildman–Crippen LogP) is 2.50. The van der Waals surface area contributed by atoms with E-state index in [9.17, 15) is 13.2 Å². The van der Waals surface area contributed by atoms with Crippen LogP contribution in [0, 0.1) is 0 Å². The first-order valence-corrected chi connectivity index (χ1v) is 10.8. The molecule has 1 fully saturated rings. The van der Waals surface area contributed by atoms with Gasteiger partial charge in [0.25, 0.3) is 5.91 Å². The summed E-state index contributed by atoms with van der Waals surface area (Å²) in [4.78, 5) is 12.4. The molecule has 0 unspecified atom stereocenters. The molecule has 1 saturated heterocycles. The molecule has 8 heteroatoms. The second-order valence-electron chi connectivity index (χ2n) is 6.38. The van der Waals surface area contributed by atoms with E-state index >= 15 is 0 Å². The Hall–Kier alpha value is -2.42. The first-order chi connectivity index (χ1) is 13.5. The third kappa shape index (κ3) is 5.31. The lowest BCUT2D eigenvalue weighted by Crippen LogP contribution is -2.41. The first kappa shape index (κ1) is 20.3. The van der Waals surface area contributed by atoms with E-state index in [2.05, 4.69) is 5.32 Å². The van der Waals surface area contributed by atoms with Crippen molar-refractivity contribution in [3.05, 3.63) is 59.7 Å². The maximum Gasteiger partial charge on any atom is 0.255 e. The van der Waals surface area contributed by atoms with Crippen molar-refractivity contribution < 1.29 is 22.7 Å². The molecule has 0 radical (unpaired) electrons. The van der Waals surface area contributed by atoms with Gasteiger partial charge in [0, 0.05) is 30.4 Å². The molecule has 2 aromatic carbocycles. The number of benzene rings is 2. The number of hydrogen-bond donors (Lipinski definition) is 1. The number of carbonyl (C=O) groups excluding carboxylic acids is 1. The molecular weight excluding hydrogens is 380 g/mol. The smallest absolute Gasteiger partial charge is 0.255 e. The zero-order valence-electron chi connectivity index (χ0n) is 15.8. The van der Waals surface area contributed by atoms with Gasteiger partial charge in [-0.15, -0.1) is 0 Å². The average Bonchev–Trinajstić information content (AvgIpc) is 2.69. The molecule has 1 heterocycles. The van der Waals surface area contributed by atoms with Gasteiger partial charge in [0.05, 0.1) is 25.6 Å². The van der Waals surface area contributed by atoms with Gasteiger partial charge in [0.15, 0.2) is 0 Å². The highest BCUT2D eigenvalue weighted by atomic mass is 32.2. The van der Waals surface area contributed by atoms with Crippen LogP contribution in [-0.4, -0.2) is 51.5 Å².